The first-order valence-electron chi connectivity index (χ1n) is 10.2. The van der Waals surface area contributed by atoms with E-state index in [1.54, 1.807) is 31.2 Å². The minimum atomic E-state index is -4.07. The molecule has 0 bridgehead atoms. The summed E-state index contributed by atoms with van der Waals surface area (Å²) in [6.07, 6.45) is 0.756. The number of ether oxygens (including phenoxy) is 1. The maximum absolute atomic E-state index is 12.9. The van der Waals surface area contributed by atoms with Gasteiger partial charge in [0.1, 0.15) is 16.7 Å². The Balaban J connectivity index is 2.18. The second kappa shape index (κ2) is 11.2. The van der Waals surface area contributed by atoms with E-state index in [9.17, 15) is 18.0 Å². The van der Waals surface area contributed by atoms with Crippen molar-refractivity contribution in [3.8, 4) is 5.75 Å². The van der Waals surface area contributed by atoms with Gasteiger partial charge in [0.25, 0.3) is 15.9 Å². The van der Waals surface area contributed by atoms with Crippen molar-refractivity contribution in [1.29, 1.82) is 0 Å². The molecule has 0 saturated heterocycles. The minimum absolute atomic E-state index is 0.0252. The van der Waals surface area contributed by atoms with Crippen molar-refractivity contribution >= 4 is 39.1 Å². The third kappa shape index (κ3) is 6.86. The molecular formula is C22H28ClN3O5S. The zero-order valence-corrected chi connectivity index (χ0v) is 20.0. The molecule has 2 unspecified atom stereocenters. The summed E-state index contributed by atoms with van der Waals surface area (Å²) < 4.78 is 33.5. The Labute approximate surface area is 193 Å². The quantitative estimate of drug-likeness (QED) is 0.480. The average Bonchev–Trinajstić information content (AvgIpc) is 2.75. The van der Waals surface area contributed by atoms with Crippen LogP contribution in [0.25, 0.3) is 0 Å². The van der Waals surface area contributed by atoms with Crippen molar-refractivity contribution in [2.75, 3.05) is 11.3 Å². The van der Waals surface area contributed by atoms with E-state index in [1.165, 1.54) is 18.2 Å². The van der Waals surface area contributed by atoms with Gasteiger partial charge >= 0.3 is 0 Å². The van der Waals surface area contributed by atoms with Gasteiger partial charge in [0, 0.05) is 17.3 Å². The molecule has 174 valence electrons. The zero-order valence-electron chi connectivity index (χ0n) is 18.4. The molecule has 2 rings (SSSR count). The second-order valence-corrected chi connectivity index (χ2v) is 9.28. The third-order valence-corrected chi connectivity index (χ3v) is 6.51. The van der Waals surface area contributed by atoms with E-state index in [0.717, 1.165) is 6.42 Å². The van der Waals surface area contributed by atoms with Gasteiger partial charge in [-0.1, -0.05) is 18.5 Å². The number of anilines is 1. The Morgan fingerprint density at radius 2 is 1.69 bits per heavy atom. The number of sulfonamides is 1. The van der Waals surface area contributed by atoms with Gasteiger partial charge < -0.3 is 15.4 Å². The molecular weight excluding hydrogens is 454 g/mol. The average molecular weight is 482 g/mol. The summed E-state index contributed by atoms with van der Waals surface area (Å²) in [6, 6.07) is 9.47. The van der Waals surface area contributed by atoms with Crippen LogP contribution >= 0.6 is 11.6 Å². The minimum Gasteiger partial charge on any atom is -0.494 e. The predicted octanol–water partition coefficient (Wildman–Crippen LogP) is 3.57. The van der Waals surface area contributed by atoms with Crippen LogP contribution in [0.5, 0.6) is 5.75 Å². The molecule has 32 heavy (non-hydrogen) atoms. The highest BCUT2D eigenvalue weighted by molar-refractivity contribution is 7.92. The van der Waals surface area contributed by atoms with E-state index in [2.05, 4.69) is 15.4 Å². The Bertz CT molecular complexity index is 1060. The number of hydrogen-bond acceptors (Lipinski definition) is 5. The van der Waals surface area contributed by atoms with Gasteiger partial charge in [-0.05, 0) is 69.7 Å². The van der Waals surface area contributed by atoms with Crippen LogP contribution in [-0.4, -0.2) is 38.9 Å². The van der Waals surface area contributed by atoms with Gasteiger partial charge in [-0.25, -0.2) is 8.42 Å². The van der Waals surface area contributed by atoms with Crippen LogP contribution in [-0.2, 0) is 14.8 Å². The molecule has 2 atom stereocenters. The van der Waals surface area contributed by atoms with Crippen molar-refractivity contribution in [1.82, 2.24) is 10.6 Å². The highest BCUT2D eigenvalue weighted by Gasteiger charge is 2.22. The topological polar surface area (TPSA) is 114 Å². The second-order valence-electron chi connectivity index (χ2n) is 7.22. The SMILES string of the molecule is CCOc1ccc(NS(=O)(=O)c2cc(C(=O)NC(C)C(=O)NC(C)CC)ccc2Cl)cc1. The van der Waals surface area contributed by atoms with Crippen LogP contribution in [0.2, 0.25) is 5.02 Å². The summed E-state index contributed by atoms with van der Waals surface area (Å²) in [7, 11) is -4.07. The van der Waals surface area contributed by atoms with Crippen LogP contribution in [0.4, 0.5) is 5.69 Å². The first-order valence-corrected chi connectivity index (χ1v) is 12.1. The van der Waals surface area contributed by atoms with Crippen molar-refractivity contribution in [2.45, 2.75) is 51.1 Å². The van der Waals surface area contributed by atoms with Gasteiger partial charge in [0.15, 0.2) is 0 Å². The van der Waals surface area contributed by atoms with Gasteiger partial charge in [-0.3, -0.25) is 14.3 Å². The summed E-state index contributed by atoms with van der Waals surface area (Å²) in [5, 5.41) is 5.31. The zero-order chi connectivity index (χ0) is 23.9. The van der Waals surface area contributed by atoms with Crippen LogP contribution in [0, 0.1) is 0 Å². The van der Waals surface area contributed by atoms with Crippen LogP contribution in [0.1, 0.15) is 44.5 Å². The lowest BCUT2D eigenvalue weighted by Gasteiger charge is -2.18. The Morgan fingerprint density at radius 3 is 2.28 bits per heavy atom. The fourth-order valence-electron chi connectivity index (χ4n) is 2.66. The summed E-state index contributed by atoms with van der Waals surface area (Å²) in [6.45, 7) is 7.69. The number of halogens is 1. The number of carbonyl (C=O) groups excluding carboxylic acids is 2. The number of nitrogens with one attached hydrogen (secondary N) is 3. The van der Waals surface area contributed by atoms with E-state index in [4.69, 9.17) is 16.3 Å². The molecule has 0 aliphatic carbocycles. The molecule has 0 aliphatic heterocycles. The number of rotatable bonds is 10. The van der Waals surface area contributed by atoms with E-state index < -0.39 is 22.0 Å². The summed E-state index contributed by atoms with van der Waals surface area (Å²) in [5.41, 5.74) is 0.374. The van der Waals surface area contributed by atoms with Gasteiger partial charge in [-0.2, -0.15) is 0 Å². The number of amides is 2. The smallest absolute Gasteiger partial charge is 0.263 e. The standard InChI is InChI=1S/C22H28ClN3O5S/c1-5-14(3)24-21(27)15(4)25-22(28)16-7-12-19(23)20(13-16)32(29,30)26-17-8-10-18(11-9-17)31-6-2/h7-15,26H,5-6H2,1-4H3,(H,24,27)(H,25,28). The maximum atomic E-state index is 12.9. The molecule has 2 aromatic rings. The lowest BCUT2D eigenvalue weighted by molar-refractivity contribution is -0.123. The van der Waals surface area contributed by atoms with Crippen molar-refractivity contribution in [3.05, 3.63) is 53.1 Å². The normalized spacial score (nSPS) is 13.0. The molecule has 3 N–H and O–H groups in total. The van der Waals surface area contributed by atoms with Crippen molar-refractivity contribution < 1.29 is 22.7 Å². The van der Waals surface area contributed by atoms with Crippen molar-refractivity contribution in [2.24, 2.45) is 0 Å². The summed E-state index contributed by atoms with van der Waals surface area (Å²) in [4.78, 5) is 24.5. The molecule has 0 heterocycles. The Morgan fingerprint density at radius 1 is 1.03 bits per heavy atom. The lowest BCUT2D eigenvalue weighted by Crippen LogP contribution is -2.47. The summed E-state index contributed by atoms with van der Waals surface area (Å²) in [5.74, 6) is -0.309. The Hall–Kier alpha value is -2.78. The van der Waals surface area contributed by atoms with Gasteiger partial charge in [0.05, 0.1) is 11.6 Å². The molecule has 8 nitrogen and oxygen atoms in total. The highest BCUT2D eigenvalue weighted by atomic mass is 35.5. The highest BCUT2D eigenvalue weighted by Crippen LogP contribution is 2.26. The molecule has 0 fully saturated rings. The third-order valence-electron chi connectivity index (χ3n) is 4.64. The largest absolute Gasteiger partial charge is 0.494 e. The van der Waals surface area contributed by atoms with Gasteiger partial charge in [0.2, 0.25) is 5.91 Å². The van der Waals surface area contributed by atoms with E-state index in [0.29, 0.717) is 18.0 Å². The van der Waals surface area contributed by atoms with Gasteiger partial charge in [-0.15, -0.1) is 0 Å². The number of carbonyl (C=O) groups is 2. The molecule has 2 aromatic carbocycles. The monoisotopic (exact) mass is 481 g/mol. The van der Waals surface area contributed by atoms with Crippen LogP contribution in [0.15, 0.2) is 47.4 Å². The maximum Gasteiger partial charge on any atom is 0.263 e. The van der Waals surface area contributed by atoms with Crippen LogP contribution < -0.4 is 20.1 Å². The molecule has 0 radical (unpaired) electrons. The summed E-state index contributed by atoms with van der Waals surface area (Å²) >= 11 is 6.11. The number of hydrogen-bond donors (Lipinski definition) is 3. The van der Waals surface area contributed by atoms with E-state index in [1.807, 2.05) is 20.8 Å². The Kier molecular flexibility index (Phi) is 8.91. The molecule has 2 amide bonds. The van der Waals surface area contributed by atoms with E-state index in [-0.39, 0.29) is 27.4 Å². The lowest BCUT2D eigenvalue weighted by atomic mass is 10.2. The fourth-order valence-corrected chi connectivity index (χ4v) is 4.25. The molecule has 0 aliphatic rings. The van der Waals surface area contributed by atoms with E-state index >= 15 is 0 Å². The molecule has 10 heteroatoms. The van der Waals surface area contributed by atoms with Crippen LogP contribution in [0.3, 0.4) is 0 Å². The molecule has 0 spiro atoms. The first-order chi connectivity index (χ1) is 15.1. The first kappa shape index (κ1) is 25.5. The fraction of sp³-hybridized carbons (Fsp3) is 0.364. The molecule has 0 saturated carbocycles. The predicted molar refractivity (Wildman–Crippen MR) is 125 cm³/mol. The number of benzene rings is 2. The molecule has 0 aromatic heterocycles. The van der Waals surface area contributed by atoms with Crippen molar-refractivity contribution in [3.63, 3.8) is 0 Å².